The van der Waals surface area contributed by atoms with E-state index in [2.05, 4.69) is 10.1 Å². The van der Waals surface area contributed by atoms with Crippen molar-refractivity contribution in [1.82, 2.24) is 10.2 Å². The van der Waals surface area contributed by atoms with Crippen LogP contribution < -0.4 is 14.8 Å². The maximum absolute atomic E-state index is 13.0. The number of carbonyl (C=O) groups is 1. The molecular weight excluding hydrogens is 346 g/mol. The first-order chi connectivity index (χ1) is 12.4. The average molecular weight is 372 g/mol. The molecule has 1 fully saturated rings. The Morgan fingerprint density at radius 3 is 2.54 bits per heavy atom. The Kier molecular flexibility index (Phi) is 7.16. The number of hydrogen-bond acceptors (Lipinski definition) is 5. The van der Waals surface area contributed by atoms with E-state index in [4.69, 9.17) is 9.47 Å². The zero-order chi connectivity index (χ0) is 19.2. The highest BCUT2D eigenvalue weighted by atomic mass is 19.3. The SMILES string of the molecule is COCC1(C(=O)N(C)Cc2ccc(OC)c(OC(F)F)c2)CCNCC1. The van der Waals surface area contributed by atoms with E-state index in [9.17, 15) is 13.6 Å². The second-order valence-corrected chi connectivity index (χ2v) is 6.49. The van der Waals surface area contributed by atoms with Crippen molar-refractivity contribution in [2.45, 2.75) is 26.0 Å². The lowest BCUT2D eigenvalue weighted by atomic mass is 9.78. The molecule has 1 amide bonds. The lowest BCUT2D eigenvalue weighted by Crippen LogP contribution is -2.50. The lowest BCUT2D eigenvalue weighted by Gasteiger charge is -2.38. The van der Waals surface area contributed by atoms with Crippen molar-refractivity contribution in [3.05, 3.63) is 23.8 Å². The van der Waals surface area contributed by atoms with Gasteiger partial charge in [-0.2, -0.15) is 8.78 Å². The van der Waals surface area contributed by atoms with E-state index in [1.165, 1.54) is 13.2 Å². The molecule has 8 heteroatoms. The summed E-state index contributed by atoms with van der Waals surface area (Å²) in [7, 11) is 4.68. The van der Waals surface area contributed by atoms with Crippen LogP contribution in [-0.2, 0) is 16.1 Å². The topological polar surface area (TPSA) is 60.0 Å². The number of rotatable bonds is 8. The Morgan fingerprint density at radius 1 is 1.27 bits per heavy atom. The van der Waals surface area contributed by atoms with Gasteiger partial charge in [-0.15, -0.1) is 0 Å². The number of nitrogens with one attached hydrogen (secondary N) is 1. The molecule has 1 N–H and O–H groups in total. The minimum atomic E-state index is -2.95. The fraction of sp³-hybridized carbons (Fsp3) is 0.611. The molecule has 2 rings (SSSR count). The molecule has 0 aliphatic carbocycles. The number of hydrogen-bond donors (Lipinski definition) is 1. The van der Waals surface area contributed by atoms with Crippen LogP contribution in [0.4, 0.5) is 8.78 Å². The summed E-state index contributed by atoms with van der Waals surface area (Å²) >= 11 is 0. The Labute approximate surface area is 152 Å². The van der Waals surface area contributed by atoms with Gasteiger partial charge in [0.1, 0.15) is 0 Å². The van der Waals surface area contributed by atoms with Crippen molar-refractivity contribution in [3.63, 3.8) is 0 Å². The molecule has 6 nitrogen and oxygen atoms in total. The number of piperidine rings is 1. The van der Waals surface area contributed by atoms with Crippen molar-refractivity contribution >= 4 is 5.91 Å². The molecule has 0 radical (unpaired) electrons. The fourth-order valence-corrected chi connectivity index (χ4v) is 3.36. The first-order valence-electron chi connectivity index (χ1n) is 8.49. The van der Waals surface area contributed by atoms with E-state index in [1.807, 2.05) is 0 Å². The predicted octanol–water partition coefficient (Wildman–Crippen LogP) is 2.27. The summed E-state index contributed by atoms with van der Waals surface area (Å²) in [6, 6.07) is 4.76. The Morgan fingerprint density at radius 2 is 1.96 bits per heavy atom. The van der Waals surface area contributed by atoms with Crippen LogP contribution in [0.3, 0.4) is 0 Å². The smallest absolute Gasteiger partial charge is 0.387 e. The van der Waals surface area contributed by atoms with Crippen LogP contribution in [0.1, 0.15) is 18.4 Å². The van der Waals surface area contributed by atoms with Gasteiger partial charge in [0.05, 0.1) is 19.1 Å². The van der Waals surface area contributed by atoms with Gasteiger partial charge in [0, 0.05) is 20.7 Å². The summed E-state index contributed by atoms with van der Waals surface area (Å²) in [5.74, 6) is 0.166. The van der Waals surface area contributed by atoms with E-state index in [0.29, 0.717) is 25.0 Å². The zero-order valence-electron chi connectivity index (χ0n) is 15.4. The molecule has 0 aromatic heterocycles. The number of ether oxygens (including phenoxy) is 3. The fourth-order valence-electron chi connectivity index (χ4n) is 3.36. The van der Waals surface area contributed by atoms with E-state index < -0.39 is 12.0 Å². The van der Waals surface area contributed by atoms with Crippen molar-refractivity contribution in [2.24, 2.45) is 5.41 Å². The molecule has 1 saturated heterocycles. The molecule has 1 aromatic rings. The van der Waals surface area contributed by atoms with Crippen molar-refractivity contribution in [1.29, 1.82) is 0 Å². The highest BCUT2D eigenvalue weighted by Gasteiger charge is 2.41. The molecule has 0 bridgehead atoms. The summed E-state index contributed by atoms with van der Waals surface area (Å²) < 4.78 is 40.0. The van der Waals surface area contributed by atoms with Gasteiger partial charge < -0.3 is 24.4 Å². The standard InChI is InChI=1S/C18H26F2N2O4/c1-22(16(23)18(12-24-2)6-8-21-9-7-18)11-13-4-5-14(25-3)15(10-13)26-17(19)20/h4-5,10,17,21H,6-9,11-12H2,1-3H3. The Balaban J connectivity index is 2.14. The summed E-state index contributed by atoms with van der Waals surface area (Å²) in [6.45, 7) is -0.782. The summed E-state index contributed by atoms with van der Waals surface area (Å²) in [4.78, 5) is 14.7. The van der Waals surface area contributed by atoms with Crippen LogP contribution in [0, 0.1) is 5.41 Å². The lowest BCUT2D eigenvalue weighted by molar-refractivity contribution is -0.146. The van der Waals surface area contributed by atoms with Gasteiger partial charge in [-0.25, -0.2) is 0 Å². The largest absolute Gasteiger partial charge is 0.493 e. The van der Waals surface area contributed by atoms with Gasteiger partial charge in [-0.3, -0.25) is 4.79 Å². The van der Waals surface area contributed by atoms with Gasteiger partial charge in [-0.05, 0) is 43.6 Å². The third-order valence-corrected chi connectivity index (χ3v) is 4.65. The quantitative estimate of drug-likeness (QED) is 0.759. The number of alkyl halides is 2. The minimum absolute atomic E-state index is 0.00649. The molecule has 26 heavy (non-hydrogen) atoms. The number of benzene rings is 1. The highest BCUT2D eigenvalue weighted by molar-refractivity contribution is 5.83. The third-order valence-electron chi connectivity index (χ3n) is 4.65. The minimum Gasteiger partial charge on any atom is -0.493 e. The molecule has 1 aromatic carbocycles. The van der Waals surface area contributed by atoms with Gasteiger partial charge in [0.2, 0.25) is 5.91 Å². The molecule has 1 heterocycles. The van der Waals surface area contributed by atoms with Gasteiger partial charge in [-0.1, -0.05) is 6.07 Å². The average Bonchev–Trinajstić information content (AvgIpc) is 2.62. The Hall–Kier alpha value is -1.93. The summed E-state index contributed by atoms with van der Waals surface area (Å²) in [5, 5.41) is 3.25. The third kappa shape index (κ3) is 4.82. The Bertz CT molecular complexity index is 601. The highest BCUT2D eigenvalue weighted by Crippen LogP contribution is 2.33. The van der Waals surface area contributed by atoms with Crippen LogP contribution in [0.15, 0.2) is 18.2 Å². The van der Waals surface area contributed by atoms with Crippen molar-refractivity contribution in [2.75, 3.05) is 41.0 Å². The maximum atomic E-state index is 13.0. The zero-order valence-corrected chi connectivity index (χ0v) is 15.4. The molecule has 1 aliphatic heterocycles. The maximum Gasteiger partial charge on any atom is 0.387 e. The van der Waals surface area contributed by atoms with E-state index in [-0.39, 0.29) is 24.0 Å². The summed E-state index contributed by atoms with van der Waals surface area (Å²) in [6.07, 6.45) is 1.40. The van der Waals surface area contributed by atoms with Crippen LogP contribution >= 0.6 is 0 Å². The molecule has 1 aliphatic rings. The first kappa shape index (κ1) is 20.4. The second kappa shape index (κ2) is 9.14. The number of carbonyl (C=O) groups excluding carboxylic acids is 1. The van der Waals surface area contributed by atoms with Gasteiger partial charge in [0.25, 0.3) is 0 Å². The van der Waals surface area contributed by atoms with E-state index in [0.717, 1.165) is 13.1 Å². The molecule has 146 valence electrons. The van der Waals surface area contributed by atoms with Crippen LogP contribution in [0.2, 0.25) is 0 Å². The van der Waals surface area contributed by atoms with Crippen molar-refractivity contribution in [3.8, 4) is 11.5 Å². The van der Waals surface area contributed by atoms with Gasteiger partial charge in [0.15, 0.2) is 11.5 Å². The second-order valence-electron chi connectivity index (χ2n) is 6.49. The van der Waals surface area contributed by atoms with Crippen molar-refractivity contribution < 1.29 is 27.8 Å². The number of nitrogens with zero attached hydrogens (tertiary/aromatic N) is 1. The monoisotopic (exact) mass is 372 g/mol. The predicted molar refractivity (Wildman–Crippen MR) is 92.5 cm³/mol. The first-order valence-corrected chi connectivity index (χ1v) is 8.49. The van der Waals surface area contributed by atoms with E-state index in [1.54, 1.807) is 31.2 Å². The molecule has 0 spiro atoms. The van der Waals surface area contributed by atoms with E-state index >= 15 is 0 Å². The number of amides is 1. The molecular formula is C18H26F2N2O4. The molecule has 0 unspecified atom stereocenters. The molecule has 0 atom stereocenters. The van der Waals surface area contributed by atoms with Crippen LogP contribution in [0.25, 0.3) is 0 Å². The number of halogens is 2. The normalized spacial score (nSPS) is 16.4. The number of methoxy groups -OCH3 is 2. The van der Waals surface area contributed by atoms with Crippen LogP contribution in [0.5, 0.6) is 11.5 Å². The van der Waals surface area contributed by atoms with Gasteiger partial charge >= 0.3 is 6.61 Å². The summed E-state index contributed by atoms with van der Waals surface area (Å²) in [5.41, 5.74) is 0.127. The molecule has 0 saturated carbocycles. The van der Waals surface area contributed by atoms with Crippen LogP contribution in [-0.4, -0.2) is 58.4 Å².